The van der Waals surface area contributed by atoms with Crippen LogP contribution in [0.1, 0.15) is 5.56 Å². The monoisotopic (exact) mass is 524 g/mol. The summed E-state index contributed by atoms with van der Waals surface area (Å²) >= 11 is 12.0. The fraction of sp³-hybridized carbons (Fsp3) is 0.0909. The van der Waals surface area contributed by atoms with Crippen molar-refractivity contribution >= 4 is 55.8 Å². The maximum absolute atomic E-state index is 15.4. The SMILES string of the molecule is CNc1ncc2cc(-c3c(F)ccc(NS(=O)(=O)c4cc(Cl)cc(CO)c4Cl)c3F)ccc2n1. The summed E-state index contributed by atoms with van der Waals surface area (Å²) in [4.78, 5) is 7.89. The molecule has 3 N–H and O–H groups in total. The van der Waals surface area contributed by atoms with Crippen LogP contribution in [0.4, 0.5) is 20.4 Å². The first-order valence-corrected chi connectivity index (χ1v) is 11.9. The second kappa shape index (κ2) is 9.30. The lowest BCUT2D eigenvalue weighted by Gasteiger charge is -2.15. The Bertz CT molecular complexity index is 1530. The van der Waals surface area contributed by atoms with Gasteiger partial charge in [-0.25, -0.2) is 27.2 Å². The van der Waals surface area contributed by atoms with E-state index in [1.165, 1.54) is 24.4 Å². The highest BCUT2D eigenvalue weighted by molar-refractivity contribution is 7.92. The normalized spacial score (nSPS) is 11.6. The molecule has 1 heterocycles. The number of nitrogens with one attached hydrogen (secondary N) is 2. The molecule has 0 fully saturated rings. The van der Waals surface area contributed by atoms with E-state index in [4.69, 9.17) is 23.2 Å². The Hall–Kier alpha value is -3.05. The molecule has 176 valence electrons. The van der Waals surface area contributed by atoms with Crippen molar-refractivity contribution in [1.29, 1.82) is 0 Å². The van der Waals surface area contributed by atoms with E-state index in [2.05, 4.69) is 20.0 Å². The molecule has 0 unspecified atom stereocenters. The third-order valence-electron chi connectivity index (χ3n) is 4.97. The number of rotatable bonds is 6. The number of aromatic nitrogens is 2. The molecule has 0 radical (unpaired) electrons. The topological polar surface area (TPSA) is 104 Å². The van der Waals surface area contributed by atoms with Crippen molar-refractivity contribution in [2.75, 3.05) is 17.1 Å². The number of fused-ring (bicyclic) bond motifs is 1. The van der Waals surface area contributed by atoms with Gasteiger partial charge in [0.2, 0.25) is 5.95 Å². The number of benzene rings is 3. The maximum Gasteiger partial charge on any atom is 0.263 e. The first kappa shape index (κ1) is 24.1. The smallest absolute Gasteiger partial charge is 0.263 e. The third-order valence-corrected chi connectivity index (χ3v) is 7.13. The molecule has 12 heteroatoms. The quantitative estimate of drug-likeness (QED) is 0.319. The van der Waals surface area contributed by atoms with Crippen molar-refractivity contribution in [2.24, 2.45) is 0 Å². The zero-order valence-electron chi connectivity index (χ0n) is 17.4. The minimum atomic E-state index is -4.44. The van der Waals surface area contributed by atoms with Gasteiger partial charge in [0.1, 0.15) is 10.7 Å². The molecule has 0 saturated heterocycles. The third kappa shape index (κ3) is 4.49. The van der Waals surface area contributed by atoms with Crippen LogP contribution in [-0.2, 0) is 16.6 Å². The summed E-state index contributed by atoms with van der Waals surface area (Å²) in [6.07, 6.45) is 1.50. The van der Waals surface area contributed by atoms with Gasteiger partial charge in [-0.3, -0.25) is 4.72 Å². The van der Waals surface area contributed by atoms with Gasteiger partial charge in [-0.05, 0) is 47.5 Å². The summed E-state index contributed by atoms with van der Waals surface area (Å²) < 4.78 is 58.1. The number of hydrogen-bond donors (Lipinski definition) is 3. The fourth-order valence-corrected chi connectivity index (χ4v) is 5.32. The second-order valence-corrected chi connectivity index (χ2v) is 9.61. The molecule has 4 rings (SSSR count). The zero-order chi connectivity index (χ0) is 24.6. The molecule has 0 bridgehead atoms. The summed E-state index contributed by atoms with van der Waals surface area (Å²) in [5.41, 5.74) is -0.147. The van der Waals surface area contributed by atoms with Crippen LogP contribution in [-0.4, -0.2) is 30.5 Å². The van der Waals surface area contributed by atoms with Crippen molar-refractivity contribution in [3.8, 4) is 11.1 Å². The summed E-state index contributed by atoms with van der Waals surface area (Å²) in [6.45, 7) is -0.557. The van der Waals surface area contributed by atoms with E-state index in [-0.39, 0.29) is 21.2 Å². The lowest BCUT2D eigenvalue weighted by atomic mass is 10.0. The molecule has 0 spiro atoms. The Balaban J connectivity index is 1.78. The second-order valence-electron chi connectivity index (χ2n) is 7.14. The summed E-state index contributed by atoms with van der Waals surface area (Å²) in [5.74, 6) is -1.63. The fourth-order valence-electron chi connectivity index (χ4n) is 3.33. The first-order chi connectivity index (χ1) is 16.1. The van der Waals surface area contributed by atoms with Gasteiger partial charge >= 0.3 is 0 Å². The van der Waals surface area contributed by atoms with Crippen LogP contribution in [0.25, 0.3) is 22.0 Å². The predicted octanol–water partition coefficient (Wildman–Crippen LogP) is 5.22. The van der Waals surface area contributed by atoms with Gasteiger partial charge in [0.25, 0.3) is 10.0 Å². The van der Waals surface area contributed by atoms with E-state index < -0.39 is 44.4 Å². The molecule has 0 saturated carbocycles. The molecular formula is C22H16Cl2F2N4O3S. The summed E-state index contributed by atoms with van der Waals surface area (Å²) in [7, 11) is -2.78. The Morgan fingerprint density at radius 1 is 1.09 bits per heavy atom. The number of halogens is 4. The van der Waals surface area contributed by atoms with Crippen molar-refractivity contribution in [1.82, 2.24) is 9.97 Å². The van der Waals surface area contributed by atoms with E-state index in [1.54, 1.807) is 13.1 Å². The van der Waals surface area contributed by atoms with Crippen LogP contribution in [0.5, 0.6) is 0 Å². The van der Waals surface area contributed by atoms with Gasteiger partial charge < -0.3 is 10.4 Å². The van der Waals surface area contributed by atoms with Gasteiger partial charge in [-0.2, -0.15) is 0 Å². The van der Waals surface area contributed by atoms with Gasteiger partial charge in [0.05, 0.1) is 28.4 Å². The maximum atomic E-state index is 15.4. The molecule has 0 atom stereocenters. The number of hydrogen-bond acceptors (Lipinski definition) is 6. The molecule has 0 aliphatic rings. The lowest BCUT2D eigenvalue weighted by Crippen LogP contribution is -2.15. The standard InChI is InChI=1S/C22H16Cl2F2N4O3S/c1-27-22-28-9-12-6-11(2-4-16(12)29-22)19-15(25)3-5-17(21(19)26)30-34(32,33)18-8-14(23)7-13(10-31)20(18)24/h2-9,30-31H,10H2,1H3,(H,27,28,29). The summed E-state index contributed by atoms with van der Waals surface area (Å²) in [6, 6.07) is 8.82. The van der Waals surface area contributed by atoms with Crippen LogP contribution >= 0.6 is 23.2 Å². The average Bonchev–Trinajstić information content (AvgIpc) is 2.81. The van der Waals surface area contributed by atoms with Crippen LogP contribution in [0, 0.1) is 11.6 Å². The van der Waals surface area contributed by atoms with Crippen molar-refractivity contribution in [3.05, 3.63) is 75.9 Å². The Kier molecular flexibility index (Phi) is 6.59. The zero-order valence-corrected chi connectivity index (χ0v) is 19.7. The van der Waals surface area contributed by atoms with E-state index in [0.29, 0.717) is 16.9 Å². The predicted molar refractivity (Wildman–Crippen MR) is 128 cm³/mol. The first-order valence-electron chi connectivity index (χ1n) is 9.69. The van der Waals surface area contributed by atoms with Crippen LogP contribution < -0.4 is 10.0 Å². The minimum absolute atomic E-state index is 0.00825. The van der Waals surface area contributed by atoms with Crippen molar-refractivity contribution in [3.63, 3.8) is 0 Å². The summed E-state index contributed by atoms with van der Waals surface area (Å²) in [5, 5.41) is 12.5. The molecule has 7 nitrogen and oxygen atoms in total. The molecule has 34 heavy (non-hydrogen) atoms. The molecule has 1 aromatic heterocycles. The van der Waals surface area contributed by atoms with E-state index in [1.807, 2.05) is 0 Å². The largest absolute Gasteiger partial charge is 0.392 e. The minimum Gasteiger partial charge on any atom is -0.392 e. The number of aliphatic hydroxyl groups excluding tert-OH is 1. The molecule has 3 aromatic carbocycles. The molecule has 0 aliphatic heterocycles. The number of anilines is 2. The van der Waals surface area contributed by atoms with E-state index in [0.717, 1.165) is 18.2 Å². The van der Waals surface area contributed by atoms with E-state index >= 15 is 4.39 Å². The molecule has 4 aromatic rings. The Labute approximate surface area is 203 Å². The van der Waals surface area contributed by atoms with Crippen LogP contribution in [0.2, 0.25) is 10.0 Å². The molecule has 0 amide bonds. The Morgan fingerprint density at radius 3 is 2.56 bits per heavy atom. The molecule has 0 aliphatic carbocycles. The highest BCUT2D eigenvalue weighted by Crippen LogP contribution is 2.35. The van der Waals surface area contributed by atoms with E-state index in [9.17, 15) is 17.9 Å². The number of nitrogens with zero attached hydrogens (tertiary/aromatic N) is 2. The van der Waals surface area contributed by atoms with Gasteiger partial charge in [-0.15, -0.1) is 0 Å². The Morgan fingerprint density at radius 2 is 1.85 bits per heavy atom. The number of sulfonamides is 1. The van der Waals surface area contributed by atoms with Gasteiger partial charge in [-0.1, -0.05) is 29.3 Å². The lowest BCUT2D eigenvalue weighted by molar-refractivity contribution is 0.281. The highest BCUT2D eigenvalue weighted by atomic mass is 35.5. The van der Waals surface area contributed by atoms with Crippen LogP contribution in [0.3, 0.4) is 0 Å². The van der Waals surface area contributed by atoms with Crippen molar-refractivity contribution < 1.29 is 22.3 Å². The molecular weight excluding hydrogens is 509 g/mol. The number of aliphatic hydroxyl groups is 1. The van der Waals surface area contributed by atoms with Gasteiger partial charge in [0, 0.05) is 23.7 Å². The highest BCUT2D eigenvalue weighted by Gasteiger charge is 2.24. The van der Waals surface area contributed by atoms with Crippen LogP contribution in [0.15, 0.2) is 53.6 Å². The average molecular weight is 525 g/mol. The van der Waals surface area contributed by atoms with Gasteiger partial charge in [0.15, 0.2) is 5.82 Å². The van der Waals surface area contributed by atoms with Crippen molar-refractivity contribution in [2.45, 2.75) is 11.5 Å².